The number of nitrogens with zero attached hydrogens (tertiary/aromatic N) is 3. The van der Waals surface area contributed by atoms with Gasteiger partial charge in [-0.2, -0.15) is 11.8 Å². The van der Waals surface area contributed by atoms with Crippen LogP contribution in [0.2, 0.25) is 5.02 Å². The smallest absolute Gasteiger partial charge is 0.320 e. The minimum atomic E-state index is -0.221. The average molecular weight is 575 g/mol. The fraction of sp³-hybridized carbons (Fsp3) is 0.742. The summed E-state index contributed by atoms with van der Waals surface area (Å²) in [5.41, 5.74) is 1.14. The van der Waals surface area contributed by atoms with Crippen molar-refractivity contribution < 1.29 is 9.59 Å². The first-order valence-corrected chi connectivity index (χ1v) is 17.0. The maximum Gasteiger partial charge on any atom is 0.320 e. The molecule has 4 fully saturated rings. The molecule has 39 heavy (non-hydrogen) atoms. The van der Waals surface area contributed by atoms with E-state index < -0.39 is 0 Å². The van der Waals surface area contributed by atoms with Gasteiger partial charge in [0.25, 0.3) is 0 Å². The van der Waals surface area contributed by atoms with E-state index in [-0.39, 0.29) is 36.1 Å². The summed E-state index contributed by atoms with van der Waals surface area (Å²) in [6, 6.07) is 9.36. The number of piperidine rings is 1. The standard InChI is InChI=1S/C31H47ClN4O2S/c1-3-34(4-2)31(38)36(25-8-6-5-7-9-25)28-19-26-14-15-27(20-28)35(26)30(37)29(33-24-16-17-39-21-24)18-22-10-12-23(32)13-11-22/h10-13,24-29,33H,3-9,14-21H2,1-2H3/t24?,26?,27?,28?,29-/m1/s1. The molecule has 3 unspecified atom stereocenters. The van der Waals surface area contributed by atoms with Crippen molar-refractivity contribution in [3.63, 3.8) is 0 Å². The number of rotatable bonds is 9. The first-order valence-electron chi connectivity index (χ1n) is 15.5. The number of hydrogen-bond donors (Lipinski definition) is 1. The van der Waals surface area contributed by atoms with Gasteiger partial charge >= 0.3 is 6.03 Å². The van der Waals surface area contributed by atoms with Crippen LogP contribution in [0.3, 0.4) is 0 Å². The van der Waals surface area contributed by atoms with E-state index in [1.165, 1.54) is 19.3 Å². The molecule has 1 aliphatic carbocycles. The zero-order valence-electron chi connectivity index (χ0n) is 23.8. The Morgan fingerprint density at radius 1 is 0.974 bits per heavy atom. The van der Waals surface area contributed by atoms with E-state index >= 15 is 0 Å². The van der Waals surface area contributed by atoms with Crippen molar-refractivity contribution >= 4 is 35.3 Å². The zero-order valence-corrected chi connectivity index (χ0v) is 25.4. The number of amides is 3. The average Bonchev–Trinajstić information content (AvgIpc) is 3.56. The normalized spacial score (nSPS) is 27.9. The molecule has 5 rings (SSSR count). The Kier molecular flexibility index (Phi) is 10.0. The Labute approximate surface area is 244 Å². The number of nitrogens with one attached hydrogen (secondary N) is 1. The summed E-state index contributed by atoms with van der Waals surface area (Å²) in [5.74, 6) is 2.49. The van der Waals surface area contributed by atoms with Gasteiger partial charge in [-0.05, 0) is 88.7 Å². The van der Waals surface area contributed by atoms with E-state index in [0.717, 1.165) is 80.1 Å². The Morgan fingerprint density at radius 3 is 2.23 bits per heavy atom. The number of urea groups is 1. The van der Waals surface area contributed by atoms with Crippen molar-refractivity contribution in [1.29, 1.82) is 0 Å². The van der Waals surface area contributed by atoms with Gasteiger partial charge in [-0.3, -0.25) is 4.79 Å². The maximum atomic E-state index is 14.3. The summed E-state index contributed by atoms with van der Waals surface area (Å²) >= 11 is 8.12. The molecule has 3 amide bonds. The third-order valence-electron chi connectivity index (χ3n) is 9.60. The van der Waals surface area contributed by atoms with Crippen molar-refractivity contribution in [3.8, 4) is 0 Å². The van der Waals surface area contributed by atoms with Gasteiger partial charge in [0.05, 0.1) is 6.04 Å². The predicted molar refractivity (Wildman–Crippen MR) is 162 cm³/mol. The maximum absolute atomic E-state index is 14.3. The lowest BCUT2D eigenvalue weighted by atomic mass is 9.89. The van der Waals surface area contributed by atoms with Gasteiger partial charge < -0.3 is 20.0 Å². The highest BCUT2D eigenvalue weighted by molar-refractivity contribution is 7.99. The lowest BCUT2D eigenvalue weighted by Gasteiger charge is -2.48. The first kappa shape index (κ1) is 29.1. The molecule has 1 N–H and O–H groups in total. The second kappa shape index (κ2) is 13.5. The molecule has 1 aromatic rings. The minimum Gasteiger partial charge on any atom is -0.335 e. The molecule has 2 bridgehead atoms. The van der Waals surface area contributed by atoms with Crippen LogP contribution in [0.4, 0.5) is 4.79 Å². The molecule has 4 aliphatic rings. The molecule has 0 aromatic heterocycles. The molecule has 1 saturated carbocycles. The highest BCUT2D eigenvalue weighted by Crippen LogP contribution is 2.40. The summed E-state index contributed by atoms with van der Waals surface area (Å²) in [5, 5.41) is 4.49. The van der Waals surface area contributed by atoms with Crippen LogP contribution in [0.15, 0.2) is 24.3 Å². The van der Waals surface area contributed by atoms with E-state index in [2.05, 4.69) is 41.1 Å². The lowest BCUT2D eigenvalue weighted by Crippen LogP contribution is -2.61. The molecule has 6 nitrogen and oxygen atoms in total. The number of carbonyl (C=O) groups excluding carboxylic acids is 2. The van der Waals surface area contributed by atoms with Crippen LogP contribution in [0.1, 0.15) is 83.6 Å². The number of fused-ring (bicyclic) bond motifs is 2. The molecule has 0 spiro atoms. The minimum absolute atomic E-state index is 0.220. The van der Waals surface area contributed by atoms with Crippen LogP contribution in [0, 0.1) is 0 Å². The Balaban J connectivity index is 1.33. The highest BCUT2D eigenvalue weighted by Gasteiger charge is 2.48. The number of thioether (sulfide) groups is 1. The molecule has 8 heteroatoms. The first-order chi connectivity index (χ1) is 19.0. The number of hydrogen-bond acceptors (Lipinski definition) is 4. The van der Waals surface area contributed by atoms with Crippen LogP contribution >= 0.6 is 23.4 Å². The van der Waals surface area contributed by atoms with E-state index in [4.69, 9.17) is 11.6 Å². The van der Waals surface area contributed by atoms with E-state index in [1.54, 1.807) is 0 Å². The van der Waals surface area contributed by atoms with E-state index in [0.29, 0.717) is 18.5 Å². The van der Waals surface area contributed by atoms with Gasteiger partial charge in [0.2, 0.25) is 5.91 Å². The molecule has 3 saturated heterocycles. The molecule has 4 atom stereocenters. The fourth-order valence-corrected chi connectivity index (χ4v) is 8.86. The van der Waals surface area contributed by atoms with Crippen LogP contribution in [0.5, 0.6) is 0 Å². The summed E-state index contributed by atoms with van der Waals surface area (Å²) < 4.78 is 0. The molecule has 1 aromatic carbocycles. The van der Waals surface area contributed by atoms with Gasteiger partial charge in [-0.15, -0.1) is 0 Å². The van der Waals surface area contributed by atoms with Crippen molar-refractivity contribution in [2.45, 2.75) is 121 Å². The third kappa shape index (κ3) is 6.73. The second-order valence-electron chi connectivity index (χ2n) is 12.0. The van der Waals surface area contributed by atoms with Crippen molar-refractivity contribution in [1.82, 2.24) is 20.0 Å². The Bertz CT molecular complexity index is 948. The molecule has 3 heterocycles. The summed E-state index contributed by atoms with van der Waals surface area (Å²) in [6.07, 6.45) is 11.7. The number of halogens is 1. The summed E-state index contributed by atoms with van der Waals surface area (Å²) in [6.45, 7) is 5.67. The Hall–Kier alpha value is -1.44. The van der Waals surface area contributed by atoms with Crippen LogP contribution in [-0.4, -0.2) is 87.5 Å². The van der Waals surface area contributed by atoms with E-state index in [1.807, 2.05) is 28.8 Å². The zero-order chi connectivity index (χ0) is 27.4. The summed E-state index contributed by atoms with van der Waals surface area (Å²) in [4.78, 5) is 34.6. The number of benzene rings is 1. The second-order valence-corrected chi connectivity index (χ2v) is 13.6. The molecule has 216 valence electrons. The van der Waals surface area contributed by atoms with Gasteiger partial charge in [-0.1, -0.05) is 43.0 Å². The predicted octanol–water partition coefficient (Wildman–Crippen LogP) is 5.96. The molecule has 0 radical (unpaired) electrons. The van der Waals surface area contributed by atoms with Crippen LogP contribution in [0.25, 0.3) is 0 Å². The summed E-state index contributed by atoms with van der Waals surface area (Å²) in [7, 11) is 0. The van der Waals surface area contributed by atoms with Crippen molar-refractivity contribution in [2.24, 2.45) is 0 Å². The topological polar surface area (TPSA) is 55.9 Å². The van der Waals surface area contributed by atoms with Gasteiger partial charge in [0.1, 0.15) is 0 Å². The molecule has 3 aliphatic heterocycles. The van der Waals surface area contributed by atoms with Gasteiger partial charge in [-0.25, -0.2) is 4.79 Å². The molecular weight excluding hydrogens is 528 g/mol. The molecular formula is C31H47ClN4O2S. The monoisotopic (exact) mass is 574 g/mol. The van der Waals surface area contributed by atoms with Crippen LogP contribution in [-0.2, 0) is 11.2 Å². The largest absolute Gasteiger partial charge is 0.335 e. The van der Waals surface area contributed by atoms with Gasteiger partial charge in [0, 0.05) is 54.1 Å². The fourth-order valence-electron chi connectivity index (χ4n) is 7.57. The highest BCUT2D eigenvalue weighted by atomic mass is 35.5. The van der Waals surface area contributed by atoms with Crippen LogP contribution < -0.4 is 5.32 Å². The van der Waals surface area contributed by atoms with Crippen molar-refractivity contribution in [3.05, 3.63) is 34.9 Å². The number of carbonyl (C=O) groups is 2. The van der Waals surface area contributed by atoms with Crippen molar-refractivity contribution in [2.75, 3.05) is 24.6 Å². The third-order valence-corrected chi connectivity index (χ3v) is 11.0. The van der Waals surface area contributed by atoms with E-state index in [9.17, 15) is 9.59 Å². The lowest BCUT2D eigenvalue weighted by molar-refractivity contribution is -0.139. The quantitative estimate of drug-likeness (QED) is 0.395. The Morgan fingerprint density at radius 2 is 1.64 bits per heavy atom. The SMILES string of the molecule is CCN(CC)C(=O)N(C1CCCCC1)C1CC2CCC(C1)N2C(=O)[C@@H](Cc1ccc(Cl)cc1)NC1CCSC1. The van der Waals surface area contributed by atoms with Gasteiger partial charge in [0.15, 0.2) is 0 Å².